The molecule has 0 amide bonds. The molecular formula is C42H76NO8P. The Bertz CT molecular complexity index is 996. The fourth-order valence-corrected chi connectivity index (χ4v) is 6.08. The number of ether oxygens (including phenoxy) is 2. The highest BCUT2D eigenvalue weighted by Crippen LogP contribution is 2.43. The Kier molecular flexibility index (Phi) is 37.2. The summed E-state index contributed by atoms with van der Waals surface area (Å²) < 4.78 is 33.1. The summed E-state index contributed by atoms with van der Waals surface area (Å²) in [6, 6.07) is 0. The number of nitrogens with one attached hydrogen (secondary N) is 1. The van der Waals surface area contributed by atoms with Crippen LogP contribution in [-0.2, 0) is 32.7 Å². The van der Waals surface area contributed by atoms with Crippen LogP contribution in [0.4, 0.5) is 0 Å². The molecule has 0 fully saturated rings. The van der Waals surface area contributed by atoms with Gasteiger partial charge in [0.15, 0.2) is 6.10 Å². The van der Waals surface area contributed by atoms with Crippen molar-refractivity contribution in [2.75, 3.05) is 33.4 Å². The monoisotopic (exact) mass is 754 g/mol. The van der Waals surface area contributed by atoms with Crippen molar-refractivity contribution in [3.63, 3.8) is 0 Å². The van der Waals surface area contributed by atoms with Gasteiger partial charge in [0.05, 0.1) is 13.2 Å². The molecule has 9 nitrogen and oxygen atoms in total. The van der Waals surface area contributed by atoms with E-state index in [9.17, 15) is 19.0 Å². The van der Waals surface area contributed by atoms with Gasteiger partial charge in [-0.3, -0.25) is 18.6 Å². The molecule has 52 heavy (non-hydrogen) atoms. The fourth-order valence-electron chi connectivity index (χ4n) is 5.33. The lowest BCUT2D eigenvalue weighted by Gasteiger charge is -2.20. The van der Waals surface area contributed by atoms with Crippen LogP contribution >= 0.6 is 7.82 Å². The number of hydrogen-bond acceptors (Lipinski definition) is 8. The quantitative estimate of drug-likeness (QED) is 0.0275. The highest BCUT2D eigenvalue weighted by atomic mass is 31.2. The van der Waals surface area contributed by atoms with Crippen molar-refractivity contribution in [1.82, 2.24) is 5.32 Å². The zero-order valence-electron chi connectivity index (χ0n) is 33.2. The molecule has 0 bridgehead atoms. The van der Waals surface area contributed by atoms with E-state index < -0.39 is 32.5 Å². The van der Waals surface area contributed by atoms with Crippen LogP contribution in [0.15, 0.2) is 48.6 Å². The summed E-state index contributed by atoms with van der Waals surface area (Å²) in [4.78, 5) is 35.0. The first-order valence-electron chi connectivity index (χ1n) is 20.6. The summed E-state index contributed by atoms with van der Waals surface area (Å²) in [7, 11) is -2.66. The number of unbranched alkanes of at least 4 members (excludes halogenated alkanes) is 16. The van der Waals surface area contributed by atoms with Crippen LogP contribution in [-0.4, -0.2) is 56.3 Å². The number of rotatable bonds is 38. The van der Waals surface area contributed by atoms with Crippen LogP contribution in [0.1, 0.15) is 168 Å². The van der Waals surface area contributed by atoms with Gasteiger partial charge in [-0.2, -0.15) is 0 Å². The Morgan fingerprint density at radius 3 is 1.65 bits per heavy atom. The zero-order valence-corrected chi connectivity index (χ0v) is 34.1. The number of phosphoric ester groups is 1. The van der Waals surface area contributed by atoms with Crippen molar-refractivity contribution in [2.24, 2.45) is 0 Å². The molecule has 2 N–H and O–H groups in total. The zero-order chi connectivity index (χ0) is 38.2. The number of phosphoric acid groups is 1. The van der Waals surface area contributed by atoms with Crippen LogP contribution in [0.2, 0.25) is 0 Å². The van der Waals surface area contributed by atoms with E-state index in [1.54, 1.807) is 7.05 Å². The predicted molar refractivity (Wildman–Crippen MR) is 215 cm³/mol. The second-order valence-corrected chi connectivity index (χ2v) is 14.9. The Labute approximate surface area is 318 Å². The number of hydrogen-bond donors (Lipinski definition) is 2. The van der Waals surface area contributed by atoms with Crippen molar-refractivity contribution < 1.29 is 37.6 Å². The van der Waals surface area contributed by atoms with Gasteiger partial charge in [-0.1, -0.05) is 133 Å². The van der Waals surface area contributed by atoms with Crippen molar-refractivity contribution in [2.45, 2.75) is 174 Å². The first-order valence-corrected chi connectivity index (χ1v) is 22.1. The normalized spacial score (nSPS) is 13.8. The lowest BCUT2D eigenvalue weighted by atomic mass is 10.1. The molecule has 0 saturated carbocycles. The number of carbonyl (C=O) groups is 2. The highest BCUT2D eigenvalue weighted by molar-refractivity contribution is 7.47. The maximum atomic E-state index is 12.6. The third-order valence-electron chi connectivity index (χ3n) is 8.43. The minimum atomic E-state index is -4.35. The minimum Gasteiger partial charge on any atom is -0.462 e. The van der Waals surface area contributed by atoms with Gasteiger partial charge in [0.1, 0.15) is 6.61 Å². The smallest absolute Gasteiger partial charge is 0.462 e. The van der Waals surface area contributed by atoms with Crippen LogP contribution in [0, 0.1) is 0 Å². The maximum Gasteiger partial charge on any atom is 0.472 e. The summed E-state index contributed by atoms with van der Waals surface area (Å²) in [6.07, 6.45) is 41.5. The first-order chi connectivity index (χ1) is 25.3. The van der Waals surface area contributed by atoms with Gasteiger partial charge in [-0.05, 0) is 77.7 Å². The summed E-state index contributed by atoms with van der Waals surface area (Å²) >= 11 is 0. The maximum absolute atomic E-state index is 12.6. The fraction of sp³-hybridized carbons (Fsp3) is 0.762. The number of carbonyl (C=O) groups excluding carboxylic acids is 2. The number of allylic oxidation sites excluding steroid dienone is 8. The molecule has 0 radical (unpaired) electrons. The van der Waals surface area contributed by atoms with Gasteiger partial charge in [-0.25, -0.2) is 4.57 Å². The van der Waals surface area contributed by atoms with Crippen LogP contribution in [0.5, 0.6) is 0 Å². The molecule has 10 heteroatoms. The Morgan fingerprint density at radius 1 is 0.615 bits per heavy atom. The molecule has 0 aromatic rings. The highest BCUT2D eigenvalue weighted by Gasteiger charge is 2.26. The van der Waals surface area contributed by atoms with Gasteiger partial charge in [-0.15, -0.1) is 0 Å². The number of esters is 2. The molecule has 302 valence electrons. The van der Waals surface area contributed by atoms with Crippen molar-refractivity contribution >= 4 is 19.8 Å². The van der Waals surface area contributed by atoms with E-state index in [0.717, 1.165) is 83.5 Å². The second kappa shape index (κ2) is 38.7. The van der Waals surface area contributed by atoms with E-state index >= 15 is 0 Å². The van der Waals surface area contributed by atoms with Gasteiger partial charge in [0.2, 0.25) is 0 Å². The summed E-state index contributed by atoms with van der Waals surface area (Å²) in [5.74, 6) is -0.839. The lowest BCUT2D eigenvalue weighted by Crippen LogP contribution is -2.29. The van der Waals surface area contributed by atoms with E-state index in [-0.39, 0.29) is 26.1 Å². The van der Waals surface area contributed by atoms with E-state index in [1.165, 1.54) is 44.9 Å². The first kappa shape index (κ1) is 50.0. The average molecular weight is 754 g/mol. The minimum absolute atomic E-state index is 0.0229. The molecule has 0 heterocycles. The molecule has 0 aliphatic rings. The van der Waals surface area contributed by atoms with Crippen molar-refractivity contribution in [3.05, 3.63) is 48.6 Å². The molecule has 0 aromatic carbocycles. The van der Waals surface area contributed by atoms with Gasteiger partial charge in [0, 0.05) is 19.4 Å². The van der Waals surface area contributed by atoms with E-state index in [4.69, 9.17) is 18.5 Å². The standard InChI is InChI=1S/C42H76NO8P/c1-4-6-8-10-12-14-16-18-20-22-24-26-28-30-32-34-41(44)48-38-40(39-50-52(46,47)49-37-36-43-3)51-42(45)35-33-31-29-27-25-23-21-19-17-15-13-11-9-7-5-2/h6,8,12,14,18-21,40,43H,4-5,7,9-11,13,15-17,22-39H2,1-3H3,(H,46,47)/b8-6-,14-12-,20-18-,21-19-. The predicted octanol–water partition coefficient (Wildman–Crippen LogP) is 11.4. The SMILES string of the molecule is CC/C=C\C/C=C\C/C=C\CCCCCCCC(=O)OCC(COP(=O)(O)OCCNC)OC(=O)CCCCCCC/C=C\CCCCCCCC. The molecule has 0 spiro atoms. The van der Waals surface area contributed by atoms with Crippen molar-refractivity contribution in [1.29, 1.82) is 0 Å². The lowest BCUT2D eigenvalue weighted by molar-refractivity contribution is -0.161. The van der Waals surface area contributed by atoms with Gasteiger partial charge < -0.3 is 19.7 Å². The van der Waals surface area contributed by atoms with Crippen LogP contribution < -0.4 is 5.32 Å². The van der Waals surface area contributed by atoms with E-state index in [2.05, 4.69) is 67.8 Å². The van der Waals surface area contributed by atoms with E-state index in [1.807, 2.05) is 0 Å². The van der Waals surface area contributed by atoms with Gasteiger partial charge in [0.25, 0.3) is 0 Å². The Morgan fingerprint density at radius 2 is 1.10 bits per heavy atom. The molecule has 0 rings (SSSR count). The molecular weight excluding hydrogens is 677 g/mol. The molecule has 2 atom stereocenters. The Hall–Kier alpha value is -2.03. The third kappa shape index (κ3) is 37.7. The van der Waals surface area contributed by atoms with E-state index in [0.29, 0.717) is 19.4 Å². The second-order valence-electron chi connectivity index (χ2n) is 13.4. The molecule has 0 aromatic heterocycles. The summed E-state index contributed by atoms with van der Waals surface area (Å²) in [6.45, 7) is 4.07. The molecule has 0 saturated heterocycles. The topological polar surface area (TPSA) is 120 Å². The van der Waals surface area contributed by atoms with Crippen LogP contribution in [0.25, 0.3) is 0 Å². The summed E-state index contributed by atoms with van der Waals surface area (Å²) in [5.41, 5.74) is 0. The largest absolute Gasteiger partial charge is 0.472 e. The Balaban J connectivity index is 4.30. The number of likely N-dealkylation sites (N-methyl/N-ethyl adjacent to an activating group) is 1. The summed E-state index contributed by atoms with van der Waals surface area (Å²) in [5, 5.41) is 2.82. The molecule has 0 aliphatic carbocycles. The van der Waals surface area contributed by atoms with Gasteiger partial charge >= 0.3 is 19.8 Å². The third-order valence-corrected chi connectivity index (χ3v) is 9.42. The average Bonchev–Trinajstić information content (AvgIpc) is 3.12. The molecule has 2 unspecified atom stereocenters. The van der Waals surface area contributed by atoms with Crippen molar-refractivity contribution in [3.8, 4) is 0 Å². The van der Waals surface area contributed by atoms with Crippen LogP contribution in [0.3, 0.4) is 0 Å². The molecule has 0 aliphatic heterocycles.